The maximum atomic E-state index is 9.76. The molecule has 1 heterocycles. The van der Waals surface area contributed by atoms with Crippen LogP contribution >= 0.6 is 0 Å². The van der Waals surface area contributed by atoms with Crippen molar-refractivity contribution in [1.82, 2.24) is 9.78 Å². The van der Waals surface area contributed by atoms with Gasteiger partial charge in [0, 0.05) is 24.6 Å². The van der Waals surface area contributed by atoms with E-state index >= 15 is 0 Å². The largest absolute Gasteiger partial charge is 0.389 e. The minimum atomic E-state index is -0.444. The molecule has 0 amide bonds. The van der Waals surface area contributed by atoms with Gasteiger partial charge >= 0.3 is 0 Å². The molecule has 0 saturated heterocycles. The third-order valence-electron chi connectivity index (χ3n) is 2.27. The van der Waals surface area contributed by atoms with Gasteiger partial charge in [-0.25, -0.2) is 0 Å². The molecule has 0 fully saturated rings. The number of para-hydroxylation sites is 1. The third kappa shape index (κ3) is 3.10. The average Bonchev–Trinajstić information content (AvgIpc) is 2.81. The van der Waals surface area contributed by atoms with E-state index in [1.807, 2.05) is 42.6 Å². The van der Waals surface area contributed by atoms with Gasteiger partial charge in [0.2, 0.25) is 0 Å². The molecule has 0 aliphatic carbocycles. The summed E-state index contributed by atoms with van der Waals surface area (Å²) in [4.78, 5) is 0. The van der Waals surface area contributed by atoms with E-state index in [0.29, 0.717) is 13.1 Å². The zero-order valence-corrected chi connectivity index (χ0v) is 8.95. The topological polar surface area (TPSA) is 50.1 Å². The summed E-state index contributed by atoms with van der Waals surface area (Å²) >= 11 is 0. The molecular weight excluding hydrogens is 202 g/mol. The van der Waals surface area contributed by atoms with E-state index in [0.717, 1.165) is 5.69 Å². The summed E-state index contributed by atoms with van der Waals surface area (Å²) in [5, 5.41) is 17.0. The molecule has 4 heteroatoms. The van der Waals surface area contributed by atoms with E-state index < -0.39 is 6.10 Å². The lowest BCUT2D eigenvalue weighted by Crippen LogP contribution is -2.25. The smallest absolute Gasteiger partial charge is 0.0907 e. The SMILES string of the molecule is OC(CNc1ccccc1)Cn1cccn1. The number of nitrogens with zero attached hydrogens (tertiary/aromatic N) is 2. The first-order valence-corrected chi connectivity index (χ1v) is 5.29. The van der Waals surface area contributed by atoms with Crippen molar-refractivity contribution >= 4 is 5.69 Å². The number of benzene rings is 1. The number of anilines is 1. The number of rotatable bonds is 5. The van der Waals surface area contributed by atoms with Crippen molar-refractivity contribution in [3.05, 3.63) is 48.8 Å². The minimum Gasteiger partial charge on any atom is -0.389 e. The molecule has 0 aliphatic heterocycles. The molecule has 1 unspecified atom stereocenters. The first-order chi connectivity index (χ1) is 7.84. The minimum absolute atomic E-state index is 0.444. The fourth-order valence-electron chi connectivity index (χ4n) is 1.48. The summed E-state index contributed by atoms with van der Waals surface area (Å²) in [5.41, 5.74) is 1.02. The first-order valence-electron chi connectivity index (χ1n) is 5.29. The van der Waals surface area contributed by atoms with Crippen LogP contribution < -0.4 is 5.32 Å². The normalized spacial score (nSPS) is 12.3. The average molecular weight is 217 g/mol. The highest BCUT2D eigenvalue weighted by atomic mass is 16.3. The Morgan fingerprint density at radius 3 is 2.75 bits per heavy atom. The monoisotopic (exact) mass is 217 g/mol. The second-order valence-electron chi connectivity index (χ2n) is 3.63. The van der Waals surface area contributed by atoms with Crippen molar-refractivity contribution in [3.8, 4) is 0 Å². The maximum Gasteiger partial charge on any atom is 0.0907 e. The van der Waals surface area contributed by atoms with Crippen LogP contribution in [0, 0.1) is 0 Å². The van der Waals surface area contributed by atoms with Crippen LogP contribution in [0.2, 0.25) is 0 Å². The molecule has 4 nitrogen and oxygen atoms in total. The summed E-state index contributed by atoms with van der Waals surface area (Å²) in [6.45, 7) is 1.02. The lowest BCUT2D eigenvalue weighted by atomic mass is 10.3. The van der Waals surface area contributed by atoms with Crippen molar-refractivity contribution in [2.45, 2.75) is 12.6 Å². The number of hydrogen-bond donors (Lipinski definition) is 2. The van der Waals surface area contributed by atoms with Crippen LogP contribution in [-0.4, -0.2) is 27.5 Å². The lowest BCUT2D eigenvalue weighted by Gasteiger charge is -2.12. The predicted octanol–water partition coefficient (Wildman–Crippen LogP) is 1.36. The van der Waals surface area contributed by atoms with Crippen molar-refractivity contribution in [2.24, 2.45) is 0 Å². The summed E-state index contributed by atoms with van der Waals surface area (Å²) in [6.07, 6.45) is 3.10. The quantitative estimate of drug-likeness (QED) is 0.795. The van der Waals surface area contributed by atoms with E-state index in [-0.39, 0.29) is 0 Å². The van der Waals surface area contributed by atoms with Gasteiger partial charge in [-0.3, -0.25) is 4.68 Å². The molecule has 2 N–H and O–H groups in total. The van der Waals surface area contributed by atoms with Crippen LogP contribution in [0.5, 0.6) is 0 Å². The van der Waals surface area contributed by atoms with Gasteiger partial charge in [0.25, 0.3) is 0 Å². The third-order valence-corrected chi connectivity index (χ3v) is 2.27. The standard InChI is InChI=1S/C12H15N3O/c16-12(10-15-8-4-7-14-15)9-13-11-5-2-1-3-6-11/h1-8,12-13,16H,9-10H2. The molecule has 0 saturated carbocycles. The molecule has 0 bridgehead atoms. The van der Waals surface area contributed by atoms with Gasteiger partial charge in [-0.15, -0.1) is 0 Å². The molecule has 16 heavy (non-hydrogen) atoms. The maximum absolute atomic E-state index is 9.76. The highest BCUT2D eigenvalue weighted by molar-refractivity contribution is 5.42. The second kappa shape index (κ2) is 5.32. The molecular formula is C12H15N3O. The van der Waals surface area contributed by atoms with Gasteiger partial charge < -0.3 is 10.4 Å². The summed E-state index contributed by atoms with van der Waals surface area (Å²) in [6, 6.07) is 11.7. The van der Waals surface area contributed by atoms with Crippen LogP contribution in [-0.2, 0) is 6.54 Å². The molecule has 0 aliphatic rings. The Balaban J connectivity index is 1.78. The second-order valence-corrected chi connectivity index (χ2v) is 3.63. The Bertz CT molecular complexity index is 399. The predicted molar refractivity (Wildman–Crippen MR) is 63.2 cm³/mol. The fraction of sp³-hybridized carbons (Fsp3) is 0.250. The molecule has 0 radical (unpaired) electrons. The number of aromatic nitrogens is 2. The fourth-order valence-corrected chi connectivity index (χ4v) is 1.48. The zero-order valence-electron chi connectivity index (χ0n) is 8.95. The van der Waals surface area contributed by atoms with Gasteiger partial charge in [-0.1, -0.05) is 18.2 Å². The van der Waals surface area contributed by atoms with Gasteiger partial charge in [-0.05, 0) is 18.2 Å². The van der Waals surface area contributed by atoms with Gasteiger partial charge in [0.05, 0.1) is 12.6 Å². The first kappa shape index (κ1) is 10.7. The molecule has 84 valence electrons. The van der Waals surface area contributed by atoms with E-state index in [4.69, 9.17) is 0 Å². The van der Waals surface area contributed by atoms with E-state index in [2.05, 4.69) is 10.4 Å². The molecule has 2 aromatic rings. The van der Waals surface area contributed by atoms with Crippen molar-refractivity contribution in [1.29, 1.82) is 0 Å². The van der Waals surface area contributed by atoms with Crippen LogP contribution in [0.3, 0.4) is 0 Å². The molecule has 2 rings (SSSR count). The lowest BCUT2D eigenvalue weighted by molar-refractivity contribution is 0.161. The van der Waals surface area contributed by atoms with Gasteiger partial charge in [-0.2, -0.15) is 5.10 Å². The summed E-state index contributed by atoms with van der Waals surface area (Å²) < 4.78 is 1.72. The van der Waals surface area contributed by atoms with E-state index in [9.17, 15) is 5.11 Å². The van der Waals surface area contributed by atoms with Crippen molar-refractivity contribution in [2.75, 3.05) is 11.9 Å². The molecule has 1 atom stereocenters. The highest BCUT2D eigenvalue weighted by Gasteiger charge is 2.04. The van der Waals surface area contributed by atoms with Crippen molar-refractivity contribution in [3.63, 3.8) is 0 Å². The number of aliphatic hydroxyl groups excluding tert-OH is 1. The molecule has 0 spiro atoms. The van der Waals surface area contributed by atoms with Gasteiger partial charge in [0.15, 0.2) is 0 Å². The summed E-state index contributed by atoms with van der Waals surface area (Å²) in [7, 11) is 0. The van der Waals surface area contributed by atoms with Crippen molar-refractivity contribution < 1.29 is 5.11 Å². The number of nitrogens with one attached hydrogen (secondary N) is 1. The molecule has 1 aromatic carbocycles. The highest BCUT2D eigenvalue weighted by Crippen LogP contribution is 2.04. The Kier molecular flexibility index (Phi) is 3.56. The zero-order chi connectivity index (χ0) is 11.2. The Labute approximate surface area is 94.5 Å². The summed E-state index contributed by atoms with van der Waals surface area (Å²) in [5.74, 6) is 0. The number of aliphatic hydroxyl groups is 1. The molecule has 1 aromatic heterocycles. The van der Waals surface area contributed by atoms with E-state index in [1.165, 1.54) is 0 Å². The van der Waals surface area contributed by atoms with Crippen LogP contribution in [0.15, 0.2) is 48.8 Å². The number of hydrogen-bond acceptors (Lipinski definition) is 3. The van der Waals surface area contributed by atoms with Crippen LogP contribution in [0.25, 0.3) is 0 Å². The van der Waals surface area contributed by atoms with Crippen LogP contribution in [0.1, 0.15) is 0 Å². The Morgan fingerprint density at radius 1 is 1.25 bits per heavy atom. The van der Waals surface area contributed by atoms with Crippen LogP contribution in [0.4, 0.5) is 5.69 Å². The Morgan fingerprint density at radius 2 is 2.06 bits per heavy atom. The Hall–Kier alpha value is -1.81. The van der Waals surface area contributed by atoms with Gasteiger partial charge in [0.1, 0.15) is 0 Å². The van der Waals surface area contributed by atoms with E-state index in [1.54, 1.807) is 10.9 Å².